The van der Waals surface area contributed by atoms with Crippen LogP contribution in [0.1, 0.15) is 158 Å². The van der Waals surface area contributed by atoms with Gasteiger partial charge >= 0.3 is 51.4 Å². The van der Waals surface area contributed by atoms with Gasteiger partial charge in [0.1, 0.15) is 39.3 Å². The molecule has 2 aromatic rings. The van der Waals surface area contributed by atoms with Crippen LogP contribution in [0.3, 0.4) is 0 Å². The van der Waals surface area contributed by atoms with Crippen molar-refractivity contribution in [2.24, 2.45) is 0 Å². The van der Waals surface area contributed by atoms with Crippen molar-refractivity contribution in [1.29, 1.82) is 0 Å². The smallest absolute Gasteiger partial charge is 0.373 e. The maximum Gasteiger partial charge on any atom is 1.00 e. The number of quaternary nitrogens is 2. The third-order valence-corrected chi connectivity index (χ3v) is 11.5. The summed E-state index contributed by atoms with van der Waals surface area (Å²) in [5.74, 6) is 0. The molecule has 0 unspecified atom stereocenters. The Morgan fingerprint density at radius 3 is 0.694 bits per heavy atom. The first-order valence-electron chi connectivity index (χ1n) is 23.4. The van der Waals surface area contributed by atoms with E-state index in [9.17, 15) is 0 Å². The van der Waals surface area contributed by atoms with Gasteiger partial charge in [0.25, 0.3) is 0 Å². The van der Waals surface area contributed by atoms with Crippen LogP contribution in [-0.4, -0.2) is 119 Å². The second kappa shape index (κ2) is 28.8. The van der Waals surface area contributed by atoms with Crippen LogP contribution in [0.4, 0.5) is 0 Å². The summed E-state index contributed by atoms with van der Waals surface area (Å²) < 4.78 is 34.4. The van der Waals surface area contributed by atoms with Gasteiger partial charge in [-0.05, 0) is 21.7 Å². The molecule has 0 atom stereocenters. The molecular weight excluding hydrogens is 844 g/mol. The molecule has 0 aromatic heterocycles. The molecule has 8 nitrogen and oxygen atoms in total. The Labute approximate surface area is 436 Å². The van der Waals surface area contributed by atoms with Crippen molar-refractivity contribution in [3.63, 3.8) is 0 Å². The van der Waals surface area contributed by atoms with Crippen LogP contribution < -0.4 is 61.2 Å². The molecule has 358 valence electrons. The Bertz CT molecular complexity index is 1240. The predicted octanol–water partition coefficient (Wildman–Crippen LogP) is 4.48. The van der Waals surface area contributed by atoms with E-state index in [2.05, 4.69) is 149 Å². The molecule has 5 rings (SSSR count). The summed E-state index contributed by atoms with van der Waals surface area (Å²) in [6.45, 7) is 55.6. The van der Waals surface area contributed by atoms with Gasteiger partial charge in [-0.15, -0.1) is 0 Å². The Morgan fingerprint density at radius 2 is 0.548 bits per heavy atom. The Morgan fingerprint density at radius 1 is 0.339 bits per heavy atom. The van der Waals surface area contributed by atoms with Crippen molar-refractivity contribution < 1.29 is 107 Å². The molecule has 2 bridgehead atoms. The molecule has 0 radical (unpaired) electrons. The van der Waals surface area contributed by atoms with Crippen LogP contribution in [0.2, 0.25) is 0 Å². The molecule has 0 spiro atoms. The van der Waals surface area contributed by atoms with Crippen molar-refractivity contribution in [3.8, 4) is 0 Å². The van der Waals surface area contributed by atoms with E-state index in [1.54, 1.807) is 0 Å². The zero-order valence-electron chi connectivity index (χ0n) is 43.8. The molecule has 3 aliphatic heterocycles. The summed E-state index contributed by atoms with van der Waals surface area (Å²) >= 11 is 0. The number of nitrogens with one attached hydrogen (secondary N) is 2. The van der Waals surface area contributed by atoms with Crippen molar-refractivity contribution in [3.05, 3.63) is 57.6 Å². The topological polar surface area (TPSA) is 64.3 Å². The standard InChI is InChI=1S/C18H36N2O6.2C17H29.Fe.K/c1-7-21-13-14-24-10-4-20-5-11-25-17-15-22-8-2-19(1)3-9-23-16-18-26-12-6-20;2*1-15(2,3)12-10-13(16(4,5)6)14(11-12)17(7,8)9;;/h1-18H2;2*10-11H,1-9H3;;/q;2*-1;;+1/p+2. The van der Waals surface area contributed by atoms with Gasteiger partial charge in [0.2, 0.25) is 0 Å². The molecule has 3 heterocycles. The van der Waals surface area contributed by atoms with E-state index in [-0.39, 0.29) is 101 Å². The molecular formula is C52H96FeKN2O6+. The molecule has 0 amide bonds. The SMILES string of the molecule is C1COCC[NH+]2CCOCCOCC[NH+](CCO1)CCOCCOCC2.CC(C)(C)c1cc(C(C)(C)C)c(C(C)(C)C)[cH-]1.CC(C)(C)c1cc(C(C)(C)C)c(C(C)(C)C)[cH-]1.[Fe].[K+]. The molecule has 3 fully saturated rings. The maximum absolute atomic E-state index is 5.73. The van der Waals surface area contributed by atoms with E-state index in [0.29, 0.717) is 39.6 Å². The van der Waals surface area contributed by atoms with E-state index in [1.165, 1.54) is 43.2 Å². The zero-order chi connectivity index (χ0) is 45.4. The van der Waals surface area contributed by atoms with E-state index in [0.717, 1.165) is 78.9 Å². The van der Waals surface area contributed by atoms with Crippen LogP contribution >= 0.6 is 0 Å². The molecule has 0 aliphatic carbocycles. The first-order chi connectivity index (χ1) is 27.6. The van der Waals surface area contributed by atoms with Gasteiger partial charge in [0.15, 0.2) is 0 Å². The van der Waals surface area contributed by atoms with E-state index in [1.807, 2.05) is 0 Å². The molecule has 0 saturated carbocycles. The van der Waals surface area contributed by atoms with Gasteiger partial charge < -0.3 is 38.2 Å². The fourth-order valence-electron chi connectivity index (χ4n) is 7.38. The summed E-state index contributed by atoms with van der Waals surface area (Å²) in [6.07, 6.45) is 0. The third-order valence-electron chi connectivity index (χ3n) is 11.5. The summed E-state index contributed by atoms with van der Waals surface area (Å²) in [7, 11) is 0. The van der Waals surface area contributed by atoms with Crippen LogP contribution in [0.5, 0.6) is 0 Å². The molecule has 2 aromatic carbocycles. The Kier molecular flexibility index (Phi) is 29.0. The maximum atomic E-state index is 5.73. The van der Waals surface area contributed by atoms with Crippen molar-refractivity contribution >= 4 is 0 Å². The average molecular weight is 940 g/mol. The van der Waals surface area contributed by atoms with E-state index < -0.39 is 0 Å². The van der Waals surface area contributed by atoms with Gasteiger partial charge in [0.05, 0.1) is 79.3 Å². The molecule has 62 heavy (non-hydrogen) atoms. The van der Waals surface area contributed by atoms with E-state index >= 15 is 0 Å². The van der Waals surface area contributed by atoms with Crippen LogP contribution in [-0.2, 0) is 78.0 Å². The summed E-state index contributed by atoms with van der Waals surface area (Å²) in [6, 6.07) is 9.67. The van der Waals surface area contributed by atoms with Gasteiger partial charge in [-0.3, -0.25) is 0 Å². The first kappa shape index (κ1) is 62.5. The molecule has 2 N–H and O–H groups in total. The summed E-state index contributed by atoms with van der Waals surface area (Å²) in [5.41, 5.74) is 10.4. The van der Waals surface area contributed by atoms with Crippen molar-refractivity contribution in [2.45, 2.75) is 157 Å². The number of rotatable bonds is 0. The number of hydrogen-bond donors (Lipinski definition) is 2. The summed E-state index contributed by atoms with van der Waals surface area (Å²) in [4.78, 5) is 2.88. The van der Waals surface area contributed by atoms with Crippen LogP contribution in [0.15, 0.2) is 24.3 Å². The molecule has 3 aliphatic rings. The van der Waals surface area contributed by atoms with Crippen molar-refractivity contribution in [2.75, 3.05) is 119 Å². The zero-order valence-corrected chi connectivity index (χ0v) is 48.1. The van der Waals surface area contributed by atoms with Crippen LogP contribution in [0, 0.1) is 0 Å². The van der Waals surface area contributed by atoms with Crippen LogP contribution in [0.25, 0.3) is 0 Å². The third kappa shape index (κ3) is 24.5. The normalized spacial score (nSPS) is 20.5. The van der Waals surface area contributed by atoms with Gasteiger partial charge in [-0.1, -0.05) is 135 Å². The Balaban J connectivity index is 0.000000918. The minimum absolute atomic E-state index is 0. The van der Waals surface area contributed by atoms with Gasteiger partial charge in [-0.25, -0.2) is 12.1 Å². The largest absolute Gasteiger partial charge is 1.00 e. The minimum atomic E-state index is 0. The first-order valence-corrected chi connectivity index (χ1v) is 23.4. The number of fused-ring (bicyclic) bond motifs is 21. The second-order valence-corrected chi connectivity index (χ2v) is 23.3. The summed E-state index contributed by atoms with van der Waals surface area (Å²) in [5, 5.41) is 0. The Hall–Kier alpha value is 0.536. The molecule has 3 saturated heterocycles. The van der Waals surface area contributed by atoms with Gasteiger partial charge in [0, 0.05) is 17.1 Å². The average Bonchev–Trinajstić information content (AvgIpc) is 3.79. The minimum Gasteiger partial charge on any atom is -0.373 e. The predicted molar refractivity (Wildman–Crippen MR) is 252 cm³/mol. The number of hydrogen-bond acceptors (Lipinski definition) is 6. The second-order valence-electron chi connectivity index (χ2n) is 23.3. The van der Waals surface area contributed by atoms with Crippen molar-refractivity contribution in [1.82, 2.24) is 0 Å². The quantitative estimate of drug-likeness (QED) is 0.301. The fraction of sp³-hybridized carbons (Fsp3) is 0.808. The van der Waals surface area contributed by atoms with E-state index in [4.69, 9.17) is 28.4 Å². The number of ether oxygens (including phenoxy) is 6. The monoisotopic (exact) mass is 940 g/mol. The fourth-order valence-corrected chi connectivity index (χ4v) is 7.38. The van der Waals surface area contributed by atoms with Gasteiger partial charge in [-0.2, -0.15) is 45.5 Å². The molecule has 10 heteroatoms.